The molecule has 2 aromatic rings. The van der Waals surface area contributed by atoms with E-state index in [9.17, 15) is 4.79 Å². The van der Waals surface area contributed by atoms with Crippen LogP contribution in [0.5, 0.6) is 5.75 Å². The summed E-state index contributed by atoms with van der Waals surface area (Å²) in [7, 11) is 1.58. The molecule has 0 saturated heterocycles. The Hall–Kier alpha value is -1.67. The van der Waals surface area contributed by atoms with E-state index in [1.54, 1.807) is 31.4 Å². The molecule has 0 heterocycles. The third-order valence-corrected chi connectivity index (χ3v) is 3.60. The number of anilines is 1. The Morgan fingerprint density at radius 1 is 1.10 bits per heavy atom. The van der Waals surface area contributed by atoms with Crippen LogP contribution >= 0.6 is 34.8 Å². The number of rotatable bonds is 3. The summed E-state index contributed by atoms with van der Waals surface area (Å²) in [6.45, 7) is 0. The third-order valence-electron chi connectivity index (χ3n) is 2.68. The lowest BCUT2D eigenvalue weighted by atomic mass is 10.2. The molecule has 108 valence electrons. The average molecular weight is 412 g/mol. The lowest BCUT2D eigenvalue weighted by Gasteiger charge is -2.10. The lowest BCUT2D eigenvalue weighted by Crippen LogP contribution is -2.34. The molecule has 0 spiro atoms. The average Bonchev–Trinajstić information content (AvgIpc) is 2.49. The van der Waals surface area contributed by atoms with E-state index in [-0.39, 0.29) is 11.0 Å². The van der Waals surface area contributed by atoms with Crippen molar-refractivity contribution in [2.45, 2.75) is 0 Å². The molecule has 0 bridgehead atoms. The van der Waals surface area contributed by atoms with Gasteiger partial charge in [-0.3, -0.25) is 10.1 Å². The first-order valence-electron chi connectivity index (χ1n) is 6.10. The summed E-state index contributed by atoms with van der Waals surface area (Å²) < 4.78 is 6.18. The second-order valence-corrected chi connectivity index (χ2v) is 5.80. The summed E-state index contributed by atoms with van der Waals surface area (Å²) in [6, 6.07) is 14.5. The van der Waals surface area contributed by atoms with Crippen LogP contribution in [0.4, 0.5) is 5.69 Å². The van der Waals surface area contributed by atoms with Crippen LogP contribution in [0, 0.1) is 3.57 Å². The van der Waals surface area contributed by atoms with Crippen molar-refractivity contribution in [1.29, 1.82) is 0 Å². The number of amides is 1. The minimum absolute atomic E-state index is 0.261. The number of benzene rings is 2. The van der Waals surface area contributed by atoms with Gasteiger partial charge in [-0.05, 0) is 83.3 Å². The molecule has 0 aliphatic carbocycles. The fourth-order valence-corrected chi connectivity index (χ4v) is 2.18. The molecule has 2 N–H and O–H groups in total. The minimum atomic E-state index is -0.263. The molecule has 0 radical (unpaired) electrons. The van der Waals surface area contributed by atoms with Crippen LogP contribution in [0.1, 0.15) is 10.4 Å². The van der Waals surface area contributed by atoms with Gasteiger partial charge in [0.25, 0.3) is 5.91 Å². The normalized spacial score (nSPS) is 9.81. The number of ether oxygens (including phenoxy) is 1. The van der Waals surface area contributed by atoms with Crippen molar-refractivity contribution in [1.82, 2.24) is 5.32 Å². The van der Waals surface area contributed by atoms with E-state index >= 15 is 0 Å². The molecule has 0 unspecified atom stereocenters. The number of thiocarbonyl (C=S) groups is 1. The van der Waals surface area contributed by atoms with Gasteiger partial charge in [0.1, 0.15) is 5.75 Å². The molecular formula is C15H13IN2O2S. The molecule has 6 heteroatoms. The molecule has 0 atom stereocenters. The monoisotopic (exact) mass is 412 g/mol. The highest BCUT2D eigenvalue weighted by molar-refractivity contribution is 14.1. The minimum Gasteiger partial charge on any atom is -0.497 e. The van der Waals surface area contributed by atoms with Gasteiger partial charge in [0.15, 0.2) is 5.11 Å². The number of carbonyl (C=O) groups is 1. The van der Waals surface area contributed by atoms with Crippen molar-refractivity contribution >= 4 is 51.5 Å². The summed E-state index contributed by atoms with van der Waals surface area (Å²) in [5, 5.41) is 5.86. The molecule has 1 amide bonds. The van der Waals surface area contributed by atoms with Gasteiger partial charge in [0.2, 0.25) is 0 Å². The van der Waals surface area contributed by atoms with Crippen molar-refractivity contribution in [3.63, 3.8) is 0 Å². The Bertz CT molecular complexity index is 642. The molecule has 2 rings (SSSR count). The van der Waals surface area contributed by atoms with Crippen molar-refractivity contribution in [3.05, 3.63) is 57.7 Å². The third kappa shape index (κ3) is 4.68. The quantitative estimate of drug-likeness (QED) is 0.599. The molecule has 0 aliphatic heterocycles. The van der Waals surface area contributed by atoms with Crippen LogP contribution in [-0.2, 0) is 0 Å². The Kier molecular flexibility index (Phi) is 5.51. The molecule has 21 heavy (non-hydrogen) atoms. The van der Waals surface area contributed by atoms with Gasteiger partial charge in [-0.15, -0.1) is 0 Å². The van der Waals surface area contributed by atoms with Crippen LogP contribution in [-0.4, -0.2) is 18.1 Å². The van der Waals surface area contributed by atoms with Gasteiger partial charge in [-0.1, -0.05) is 0 Å². The number of carbonyl (C=O) groups excluding carboxylic acids is 1. The second-order valence-electron chi connectivity index (χ2n) is 4.14. The molecule has 0 aromatic heterocycles. The summed E-state index contributed by atoms with van der Waals surface area (Å²) in [6.07, 6.45) is 0. The highest BCUT2D eigenvalue weighted by atomic mass is 127. The van der Waals surface area contributed by atoms with Crippen LogP contribution in [0.2, 0.25) is 0 Å². The Labute approximate surface area is 142 Å². The molecule has 4 nitrogen and oxygen atoms in total. The standard InChI is InChI=1S/C15H13IN2O2S/c1-20-13-8-2-10(3-9-13)14(19)18-15(21)17-12-6-4-11(16)5-7-12/h2-9H,1H3,(H2,17,18,19,21). The molecule has 0 fully saturated rings. The summed E-state index contributed by atoms with van der Waals surface area (Å²) in [4.78, 5) is 12.0. The van der Waals surface area contributed by atoms with Crippen LogP contribution < -0.4 is 15.4 Å². The largest absolute Gasteiger partial charge is 0.497 e. The SMILES string of the molecule is COc1ccc(C(=O)NC(=S)Nc2ccc(I)cc2)cc1. The van der Waals surface area contributed by atoms with E-state index in [0.717, 1.165) is 9.26 Å². The summed E-state index contributed by atoms with van der Waals surface area (Å²) in [5.41, 5.74) is 1.35. The summed E-state index contributed by atoms with van der Waals surface area (Å²) >= 11 is 7.35. The number of nitrogens with one attached hydrogen (secondary N) is 2. The van der Waals surface area contributed by atoms with E-state index in [1.165, 1.54) is 0 Å². The maximum absolute atomic E-state index is 12.0. The van der Waals surface area contributed by atoms with Crippen LogP contribution in [0.3, 0.4) is 0 Å². The molecular weight excluding hydrogens is 399 g/mol. The van der Waals surface area contributed by atoms with E-state index in [0.29, 0.717) is 11.3 Å². The van der Waals surface area contributed by atoms with Crippen molar-refractivity contribution in [3.8, 4) is 5.75 Å². The van der Waals surface area contributed by atoms with E-state index < -0.39 is 0 Å². The van der Waals surface area contributed by atoms with Gasteiger partial charge in [0, 0.05) is 14.8 Å². The Balaban J connectivity index is 1.95. The topological polar surface area (TPSA) is 50.4 Å². The first kappa shape index (κ1) is 15.7. The zero-order valence-electron chi connectivity index (χ0n) is 11.2. The van der Waals surface area contributed by atoms with Crippen LogP contribution in [0.15, 0.2) is 48.5 Å². The zero-order valence-corrected chi connectivity index (χ0v) is 14.2. The van der Waals surface area contributed by atoms with Crippen molar-refractivity contribution in [2.75, 3.05) is 12.4 Å². The van der Waals surface area contributed by atoms with E-state index in [4.69, 9.17) is 17.0 Å². The fraction of sp³-hybridized carbons (Fsp3) is 0.0667. The first-order chi connectivity index (χ1) is 10.1. The number of hydrogen-bond acceptors (Lipinski definition) is 3. The van der Waals surface area contributed by atoms with Gasteiger partial charge < -0.3 is 10.1 Å². The predicted molar refractivity (Wildman–Crippen MR) is 95.8 cm³/mol. The number of halogens is 1. The highest BCUT2D eigenvalue weighted by Gasteiger charge is 2.08. The van der Waals surface area contributed by atoms with Crippen LogP contribution in [0.25, 0.3) is 0 Å². The highest BCUT2D eigenvalue weighted by Crippen LogP contribution is 2.12. The van der Waals surface area contributed by atoms with Gasteiger partial charge in [-0.25, -0.2) is 0 Å². The zero-order chi connectivity index (χ0) is 15.2. The van der Waals surface area contributed by atoms with Gasteiger partial charge in [0.05, 0.1) is 7.11 Å². The smallest absolute Gasteiger partial charge is 0.257 e. The number of methoxy groups -OCH3 is 1. The maximum Gasteiger partial charge on any atom is 0.257 e. The Morgan fingerprint density at radius 2 is 1.71 bits per heavy atom. The maximum atomic E-state index is 12.0. The molecule has 0 aliphatic rings. The first-order valence-corrected chi connectivity index (χ1v) is 7.59. The molecule has 0 saturated carbocycles. The molecule has 2 aromatic carbocycles. The number of hydrogen-bond donors (Lipinski definition) is 2. The van der Waals surface area contributed by atoms with Gasteiger partial charge in [-0.2, -0.15) is 0 Å². The predicted octanol–water partition coefficient (Wildman–Crippen LogP) is 3.43. The van der Waals surface area contributed by atoms with Crippen molar-refractivity contribution < 1.29 is 9.53 Å². The van der Waals surface area contributed by atoms with E-state index in [2.05, 4.69) is 33.2 Å². The summed E-state index contributed by atoms with van der Waals surface area (Å²) in [5.74, 6) is 0.437. The van der Waals surface area contributed by atoms with E-state index in [1.807, 2.05) is 24.3 Å². The Morgan fingerprint density at radius 3 is 2.29 bits per heavy atom. The second kappa shape index (κ2) is 7.37. The van der Waals surface area contributed by atoms with Gasteiger partial charge >= 0.3 is 0 Å². The lowest BCUT2D eigenvalue weighted by molar-refractivity contribution is 0.0977. The fourth-order valence-electron chi connectivity index (χ4n) is 1.61. The van der Waals surface area contributed by atoms with Crippen molar-refractivity contribution in [2.24, 2.45) is 0 Å².